The lowest BCUT2D eigenvalue weighted by atomic mass is 10.2. The van der Waals surface area contributed by atoms with Crippen LogP contribution in [0.1, 0.15) is 28.8 Å². The van der Waals surface area contributed by atoms with Crippen molar-refractivity contribution >= 4 is 11.8 Å². The standard InChI is InChI=1S/C12H20N4O3/c1-4-14-11(17)7-16(3)6-9-5-10(8(2)19-9)12(18)15-13/h5H,4,6-7,13H2,1-3H3,(H,14,17)(H,15,18). The molecule has 19 heavy (non-hydrogen) atoms. The minimum absolute atomic E-state index is 0.0480. The molecule has 0 bridgehead atoms. The van der Waals surface area contributed by atoms with Crippen molar-refractivity contribution in [2.75, 3.05) is 20.1 Å². The van der Waals surface area contributed by atoms with E-state index in [0.717, 1.165) is 0 Å². The van der Waals surface area contributed by atoms with Crippen molar-refractivity contribution in [2.24, 2.45) is 5.84 Å². The molecule has 0 unspecified atom stereocenters. The van der Waals surface area contributed by atoms with Crippen LogP contribution in [-0.2, 0) is 11.3 Å². The molecule has 0 spiro atoms. The topological polar surface area (TPSA) is 101 Å². The average Bonchev–Trinajstić information content (AvgIpc) is 2.69. The molecule has 7 nitrogen and oxygen atoms in total. The van der Waals surface area contributed by atoms with E-state index >= 15 is 0 Å². The van der Waals surface area contributed by atoms with Crippen LogP contribution in [0.3, 0.4) is 0 Å². The van der Waals surface area contributed by atoms with Crippen LogP contribution in [0.25, 0.3) is 0 Å². The molecule has 0 radical (unpaired) electrons. The zero-order valence-corrected chi connectivity index (χ0v) is 11.4. The van der Waals surface area contributed by atoms with Gasteiger partial charge in [0.15, 0.2) is 0 Å². The van der Waals surface area contributed by atoms with Gasteiger partial charge in [-0.1, -0.05) is 0 Å². The molecule has 0 saturated carbocycles. The van der Waals surface area contributed by atoms with E-state index in [2.05, 4.69) is 10.7 Å². The molecule has 0 saturated heterocycles. The Labute approximate surface area is 112 Å². The van der Waals surface area contributed by atoms with Gasteiger partial charge in [0.05, 0.1) is 18.7 Å². The maximum absolute atomic E-state index is 11.4. The van der Waals surface area contributed by atoms with Crippen molar-refractivity contribution in [1.82, 2.24) is 15.6 Å². The molecule has 0 fully saturated rings. The number of nitrogens with one attached hydrogen (secondary N) is 2. The summed E-state index contributed by atoms with van der Waals surface area (Å²) in [5.74, 6) is 5.76. The molecule has 0 aliphatic heterocycles. The highest BCUT2D eigenvalue weighted by atomic mass is 16.3. The summed E-state index contributed by atoms with van der Waals surface area (Å²) in [6, 6.07) is 1.63. The Balaban J connectivity index is 2.62. The van der Waals surface area contributed by atoms with Gasteiger partial charge in [-0.05, 0) is 27.0 Å². The van der Waals surface area contributed by atoms with Gasteiger partial charge in [-0.15, -0.1) is 0 Å². The van der Waals surface area contributed by atoms with E-state index in [0.29, 0.717) is 30.2 Å². The number of nitrogens with two attached hydrogens (primary N) is 1. The molecular weight excluding hydrogens is 248 g/mol. The Morgan fingerprint density at radius 1 is 1.47 bits per heavy atom. The Kier molecular flexibility index (Phi) is 5.53. The molecule has 4 N–H and O–H groups in total. The zero-order valence-electron chi connectivity index (χ0n) is 11.4. The van der Waals surface area contributed by atoms with Crippen molar-refractivity contribution in [3.05, 3.63) is 23.2 Å². The summed E-state index contributed by atoms with van der Waals surface area (Å²) in [7, 11) is 1.80. The second-order valence-corrected chi connectivity index (χ2v) is 4.28. The Bertz CT molecular complexity index is 456. The third-order valence-electron chi connectivity index (χ3n) is 2.56. The summed E-state index contributed by atoms with van der Waals surface area (Å²) in [4.78, 5) is 24.6. The van der Waals surface area contributed by atoms with E-state index < -0.39 is 0 Å². The maximum Gasteiger partial charge on any atom is 0.268 e. The lowest BCUT2D eigenvalue weighted by Crippen LogP contribution is -2.34. The first kappa shape index (κ1) is 15.2. The first-order valence-electron chi connectivity index (χ1n) is 6.03. The van der Waals surface area contributed by atoms with Gasteiger partial charge in [0, 0.05) is 6.54 Å². The predicted molar refractivity (Wildman–Crippen MR) is 70.1 cm³/mol. The molecule has 0 aromatic carbocycles. The number of hydrazine groups is 1. The number of carbonyl (C=O) groups is 2. The van der Waals surface area contributed by atoms with Crippen molar-refractivity contribution in [3.8, 4) is 0 Å². The lowest BCUT2D eigenvalue weighted by Gasteiger charge is -2.14. The average molecular weight is 268 g/mol. The molecule has 1 aromatic rings. The van der Waals surface area contributed by atoms with Gasteiger partial charge in [0.2, 0.25) is 5.91 Å². The molecule has 0 aliphatic carbocycles. The summed E-state index contributed by atoms with van der Waals surface area (Å²) < 4.78 is 5.46. The summed E-state index contributed by atoms with van der Waals surface area (Å²) in [5.41, 5.74) is 2.47. The quantitative estimate of drug-likeness (QED) is 0.375. The Hall–Kier alpha value is -1.86. The van der Waals surface area contributed by atoms with Crippen molar-refractivity contribution in [2.45, 2.75) is 20.4 Å². The van der Waals surface area contributed by atoms with Gasteiger partial charge in [-0.2, -0.15) is 0 Å². The second-order valence-electron chi connectivity index (χ2n) is 4.28. The second kappa shape index (κ2) is 6.91. The third-order valence-corrected chi connectivity index (χ3v) is 2.56. The number of hydrogen-bond donors (Lipinski definition) is 3. The summed E-state index contributed by atoms with van der Waals surface area (Å²) in [5, 5.41) is 2.71. The van der Waals surface area contributed by atoms with Crippen LogP contribution in [0.4, 0.5) is 0 Å². The van der Waals surface area contributed by atoms with E-state index in [1.54, 1.807) is 24.9 Å². The summed E-state index contributed by atoms with van der Waals surface area (Å²) in [6.45, 7) is 4.87. The number of rotatable bonds is 6. The minimum atomic E-state index is -0.390. The Morgan fingerprint density at radius 2 is 2.16 bits per heavy atom. The number of aryl methyl sites for hydroxylation is 1. The van der Waals surface area contributed by atoms with Crippen LogP contribution in [0.15, 0.2) is 10.5 Å². The molecular formula is C12H20N4O3. The normalized spacial score (nSPS) is 10.6. The van der Waals surface area contributed by atoms with Gasteiger partial charge in [-0.3, -0.25) is 19.9 Å². The number of nitrogens with zero attached hydrogens (tertiary/aromatic N) is 1. The van der Waals surface area contributed by atoms with Gasteiger partial charge < -0.3 is 9.73 Å². The zero-order chi connectivity index (χ0) is 14.4. The van der Waals surface area contributed by atoms with E-state index in [1.807, 2.05) is 6.92 Å². The fourth-order valence-electron chi connectivity index (χ4n) is 1.74. The van der Waals surface area contributed by atoms with E-state index in [4.69, 9.17) is 10.3 Å². The van der Waals surface area contributed by atoms with Gasteiger partial charge in [0.25, 0.3) is 5.91 Å². The number of amides is 2. The van der Waals surface area contributed by atoms with Crippen LogP contribution in [0, 0.1) is 6.92 Å². The maximum atomic E-state index is 11.4. The third kappa shape index (κ3) is 4.38. The molecule has 1 heterocycles. The van der Waals surface area contributed by atoms with Crippen LogP contribution in [0.2, 0.25) is 0 Å². The highest BCUT2D eigenvalue weighted by Crippen LogP contribution is 2.15. The van der Waals surface area contributed by atoms with Crippen LogP contribution < -0.4 is 16.6 Å². The highest BCUT2D eigenvalue weighted by molar-refractivity contribution is 5.94. The van der Waals surface area contributed by atoms with Crippen molar-refractivity contribution < 1.29 is 14.0 Å². The van der Waals surface area contributed by atoms with Gasteiger partial charge in [0.1, 0.15) is 11.5 Å². The number of nitrogen functional groups attached to an aromatic ring is 1. The monoisotopic (exact) mass is 268 g/mol. The Morgan fingerprint density at radius 3 is 2.74 bits per heavy atom. The van der Waals surface area contributed by atoms with Crippen LogP contribution in [0.5, 0.6) is 0 Å². The highest BCUT2D eigenvalue weighted by Gasteiger charge is 2.15. The molecule has 0 aliphatic rings. The first-order chi connectivity index (χ1) is 8.97. The fourth-order valence-corrected chi connectivity index (χ4v) is 1.74. The fraction of sp³-hybridized carbons (Fsp3) is 0.500. The van der Waals surface area contributed by atoms with E-state index in [9.17, 15) is 9.59 Å². The molecule has 0 atom stereocenters. The molecule has 1 aromatic heterocycles. The lowest BCUT2D eigenvalue weighted by molar-refractivity contribution is -0.122. The van der Waals surface area contributed by atoms with E-state index in [1.165, 1.54) is 0 Å². The number of likely N-dealkylation sites (N-methyl/N-ethyl adjacent to an activating group) is 2. The number of furan rings is 1. The first-order valence-corrected chi connectivity index (χ1v) is 6.03. The van der Waals surface area contributed by atoms with Gasteiger partial charge >= 0.3 is 0 Å². The smallest absolute Gasteiger partial charge is 0.268 e. The summed E-state index contributed by atoms with van der Waals surface area (Å²) in [6.07, 6.45) is 0. The molecule has 106 valence electrons. The summed E-state index contributed by atoms with van der Waals surface area (Å²) >= 11 is 0. The molecule has 1 rings (SSSR count). The van der Waals surface area contributed by atoms with Gasteiger partial charge in [-0.25, -0.2) is 5.84 Å². The van der Waals surface area contributed by atoms with E-state index in [-0.39, 0.29) is 18.4 Å². The SMILES string of the molecule is CCNC(=O)CN(C)Cc1cc(C(=O)NN)c(C)o1. The molecule has 2 amide bonds. The number of hydrogen-bond acceptors (Lipinski definition) is 5. The molecule has 7 heteroatoms. The van der Waals surface area contributed by atoms with Crippen LogP contribution in [-0.4, -0.2) is 36.9 Å². The van der Waals surface area contributed by atoms with Crippen LogP contribution >= 0.6 is 0 Å². The van der Waals surface area contributed by atoms with Crippen molar-refractivity contribution in [1.29, 1.82) is 0 Å². The predicted octanol–water partition coefficient (Wildman–Crippen LogP) is -0.241. The minimum Gasteiger partial charge on any atom is -0.464 e. The largest absolute Gasteiger partial charge is 0.464 e. The number of carbonyl (C=O) groups excluding carboxylic acids is 2. The van der Waals surface area contributed by atoms with Crippen molar-refractivity contribution in [3.63, 3.8) is 0 Å².